The standard InChI is InChI=1S/C22H28N2O4/c1-16(2)28-19-7-5-18(6-8-19)23-9-11-24(12-10-23)22(25)17-13-20(26-3)15-21(14-17)27-4/h5-8,13-16H,9-12H2,1-4H3. The molecule has 0 saturated carbocycles. The molecular formula is C22H28N2O4. The van der Waals surface area contributed by atoms with Crippen LogP contribution in [0.2, 0.25) is 0 Å². The number of amides is 1. The van der Waals surface area contributed by atoms with Gasteiger partial charge in [0.05, 0.1) is 20.3 Å². The van der Waals surface area contributed by atoms with Crippen LogP contribution in [0, 0.1) is 0 Å². The smallest absolute Gasteiger partial charge is 0.254 e. The third kappa shape index (κ3) is 4.68. The van der Waals surface area contributed by atoms with Crippen LogP contribution in [0.1, 0.15) is 24.2 Å². The molecule has 0 bridgehead atoms. The van der Waals surface area contributed by atoms with Gasteiger partial charge in [-0.15, -0.1) is 0 Å². The number of methoxy groups -OCH3 is 2. The van der Waals surface area contributed by atoms with Gasteiger partial charge in [0.15, 0.2) is 0 Å². The van der Waals surface area contributed by atoms with Gasteiger partial charge >= 0.3 is 0 Å². The third-order valence-electron chi connectivity index (χ3n) is 4.74. The van der Waals surface area contributed by atoms with Gasteiger partial charge in [-0.25, -0.2) is 0 Å². The van der Waals surface area contributed by atoms with Crippen molar-refractivity contribution < 1.29 is 19.0 Å². The van der Waals surface area contributed by atoms with Crippen molar-refractivity contribution in [2.24, 2.45) is 0 Å². The van der Waals surface area contributed by atoms with Gasteiger partial charge in [0.1, 0.15) is 17.2 Å². The Balaban J connectivity index is 1.62. The molecule has 2 aromatic carbocycles. The van der Waals surface area contributed by atoms with Gasteiger partial charge in [0.2, 0.25) is 0 Å². The molecule has 2 aromatic rings. The Morgan fingerprint density at radius 3 is 1.93 bits per heavy atom. The zero-order chi connectivity index (χ0) is 20.1. The van der Waals surface area contributed by atoms with E-state index in [9.17, 15) is 4.79 Å². The van der Waals surface area contributed by atoms with E-state index in [1.165, 1.54) is 0 Å². The first-order valence-electron chi connectivity index (χ1n) is 9.54. The molecule has 1 aliphatic rings. The van der Waals surface area contributed by atoms with E-state index in [0.717, 1.165) is 24.5 Å². The largest absolute Gasteiger partial charge is 0.497 e. The van der Waals surface area contributed by atoms with E-state index in [-0.39, 0.29) is 12.0 Å². The van der Waals surface area contributed by atoms with Gasteiger partial charge in [-0.1, -0.05) is 0 Å². The summed E-state index contributed by atoms with van der Waals surface area (Å²) in [4.78, 5) is 17.1. The lowest BCUT2D eigenvalue weighted by molar-refractivity contribution is 0.0746. The number of anilines is 1. The van der Waals surface area contributed by atoms with Crippen molar-refractivity contribution in [1.82, 2.24) is 4.90 Å². The number of rotatable bonds is 6. The molecule has 1 saturated heterocycles. The molecule has 0 aromatic heterocycles. The van der Waals surface area contributed by atoms with E-state index in [1.807, 2.05) is 30.9 Å². The zero-order valence-electron chi connectivity index (χ0n) is 17.0. The summed E-state index contributed by atoms with van der Waals surface area (Å²) in [5.41, 5.74) is 1.73. The Hall–Kier alpha value is -2.89. The van der Waals surface area contributed by atoms with Crippen LogP contribution in [0.5, 0.6) is 17.2 Å². The van der Waals surface area contributed by atoms with Crippen LogP contribution in [0.15, 0.2) is 42.5 Å². The SMILES string of the molecule is COc1cc(OC)cc(C(=O)N2CCN(c3ccc(OC(C)C)cc3)CC2)c1. The summed E-state index contributed by atoms with van der Waals surface area (Å²) in [5, 5.41) is 0. The Labute approximate surface area is 166 Å². The molecule has 0 N–H and O–H groups in total. The maximum Gasteiger partial charge on any atom is 0.254 e. The van der Waals surface area contributed by atoms with E-state index in [4.69, 9.17) is 14.2 Å². The number of carbonyl (C=O) groups is 1. The fourth-order valence-corrected chi connectivity index (χ4v) is 3.29. The molecule has 6 heteroatoms. The number of nitrogens with zero attached hydrogens (tertiary/aromatic N) is 2. The summed E-state index contributed by atoms with van der Waals surface area (Å²) >= 11 is 0. The van der Waals surface area contributed by atoms with E-state index in [0.29, 0.717) is 30.2 Å². The first-order valence-corrected chi connectivity index (χ1v) is 9.54. The Kier molecular flexibility index (Phi) is 6.29. The summed E-state index contributed by atoms with van der Waals surface area (Å²) in [5.74, 6) is 2.10. The molecule has 0 unspecified atom stereocenters. The van der Waals surface area contributed by atoms with Gasteiger partial charge < -0.3 is 24.0 Å². The summed E-state index contributed by atoms with van der Waals surface area (Å²) in [6.45, 7) is 6.95. The van der Waals surface area contributed by atoms with Crippen LogP contribution in [0.3, 0.4) is 0 Å². The molecular weight excluding hydrogens is 356 g/mol. The molecule has 1 fully saturated rings. The van der Waals surface area contributed by atoms with Crippen LogP contribution in [-0.4, -0.2) is 57.3 Å². The average Bonchev–Trinajstić information content (AvgIpc) is 2.73. The molecule has 28 heavy (non-hydrogen) atoms. The molecule has 6 nitrogen and oxygen atoms in total. The quantitative estimate of drug-likeness (QED) is 0.764. The Morgan fingerprint density at radius 1 is 0.857 bits per heavy atom. The predicted octanol–water partition coefficient (Wildman–Crippen LogP) is 3.45. The first kappa shape index (κ1) is 19.9. The molecule has 0 atom stereocenters. The molecule has 1 heterocycles. The van der Waals surface area contributed by atoms with Crippen molar-refractivity contribution in [3.63, 3.8) is 0 Å². The lowest BCUT2D eigenvalue weighted by Crippen LogP contribution is -2.48. The number of hydrogen-bond donors (Lipinski definition) is 0. The van der Waals surface area contributed by atoms with Crippen LogP contribution >= 0.6 is 0 Å². The molecule has 0 spiro atoms. The summed E-state index contributed by atoms with van der Waals surface area (Å²) in [6, 6.07) is 13.4. The summed E-state index contributed by atoms with van der Waals surface area (Å²) in [7, 11) is 3.17. The van der Waals surface area contributed by atoms with Gasteiger partial charge in [-0.3, -0.25) is 4.79 Å². The van der Waals surface area contributed by atoms with Crippen molar-refractivity contribution in [3.8, 4) is 17.2 Å². The number of hydrogen-bond acceptors (Lipinski definition) is 5. The fourth-order valence-electron chi connectivity index (χ4n) is 3.29. The highest BCUT2D eigenvalue weighted by molar-refractivity contribution is 5.95. The second-order valence-electron chi connectivity index (χ2n) is 7.04. The second kappa shape index (κ2) is 8.87. The van der Waals surface area contributed by atoms with Crippen LogP contribution in [-0.2, 0) is 0 Å². The Bertz CT molecular complexity index is 774. The van der Waals surface area contributed by atoms with Crippen LogP contribution in [0.4, 0.5) is 5.69 Å². The molecule has 0 aliphatic carbocycles. The van der Waals surface area contributed by atoms with Crippen molar-refractivity contribution >= 4 is 11.6 Å². The van der Waals surface area contributed by atoms with E-state index in [1.54, 1.807) is 32.4 Å². The average molecular weight is 384 g/mol. The highest BCUT2D eigenvalue weighted by Crippen LogP contribution is 2.25. The number of piperazine rings is 1. The number of ether oxygens (including phenoxy) is 3. The topological polar surface area (TPSA) is 51.2 Å². The van der Waals surface area contributed by atoms with Gasteiger partial charge in [0.25, 0.3) is 5.91 Å². The molecule has 0 radical (unpaired) electrons. The molecule has 1 aliphatic heterocycles. The monoisotopic (exact) mass is 384 g/mol. The number of benzene rings is 2. The normalized spacial score (nSPS) is 14.2. The van der Waals surface area contributed by atoms with Crippen LogP contribution in [0.25, 0.3) is 0 Å². The minimum absolute atomic E-state index is 0.00229. The highest BCUT2D eigenvalue weighted by atomic mass is 16.5. The predicted molar refractivity (Wildman–Crippen MR) is 110 cm³/mol. The lowest BCUT2D eigenvalue weighted by atomic mass is 10.1. The van der Waals surface area contributed by atoms with E-state index < -0.39 is 0 Å². The van der Waals surface area contributed by atoms with E-state index >= 15 is 0 Å². The van der Waals surface area contributed by atoms with Crippen molar-refractivity contribution in [2.75, 3.05) is 45.3 Å². The van der Waals surface area contributed by atoms with Gasteiger partial charge in [0, 0.05) is 43.5 Å². The maximum atomic E-state index is 12.9. The Morgan fingerprint density at radius 2 is 1.43 bits per heavy atom. The van der Waals surface area contributed by atoms with Crippen molar-refractivity contribution in [1.29, 1.82) is 0 Å². The number of carbonyl (C=O) groups excluding carboxylic acids is 1. The highest BCUT2D eigenvalue weighted by Gasteiger charge is 2.23. The minimum Gasteiger partial charge on any atom is -0.497 e. The fraction of sp³-hybridized carbons (Fsp3) is 0.409. The van der Waals surface area contributed by atoms with E-state index in [2.05, 4.69) is 17.0 Å². The summed E-state index contributed by atoms with van der Waals surface area (Å²) < 4.78 is 16.2. The van der Waals surface area contributed by atoms with Gasteiger partial charge in [-0.2, -0.15) is 0 Å². The van der Waals surface area contributed by atoms with Gasteiger partial charge in [-0.05, 0) is 50.2 Å². The minimum atomic E-state index is -0.00229. The third-order valence-corrected chi connectivity index (χ3v) is 4.74. The van der Waals surface area contributed by atoms with Crippen molar-refractivity contribution in [2.45, 2.75) is 20.0 Å². The lowest BCUT2D eigenvalue weighted by Gasteiger charge is -2.36. The van der Waals surface area contributed by atoms with Crippen molar-refractivity contribution in [3.05, 3.63) is 48.0 Å². The zero-order valence-corrected chi connectivity index (χ0v) is 17.0. The molecule has 1 amide bonds. The summed E-state index contributed by atoms with van der Waals surface area (Å²) in [6.07, 6.45) is 0.163. The first-order chi connectivity index (χ1) is 13.5. The molecule has 150 valence electrons. The maximum absolute atomic E-state index is 12.9. The molecule has 3 rings (SSSR count). The van der Waals surface area contributed by atoms with Crippen LogP contribution < -0.4 is 19.1 Å². The second-order valence-corrected chi connectivity index (χ2v) is 7.04.